The van der Waals surface area contributed by atoms with Crippen LogP contribution in [0.15, 0.2) is 16.2 Å². The highest BCUT2D eigenvalue weighted by atomic mass is 35.5. The van der Waals surface area contributed by atoms with E-state index < -0.39 is 10.1 Å². The van der Waals surface area contributed by atoms with E-state index in [0.29, 0.717) is 17.4 Å². The van der Waals surface area contributed by atoms with Gasteiger partial charge in [0.25, 0.3) is 10.1 Å². The first-order chi connectivity index (χ1) is 7.15. The molecular weight excluding hydrogens is 256 g/mol. The van der Waals surface area contributed by atoms with Crippen LogP contribution in [0.2, 0.25) is 0 Å². The second-order valence-electron chi connectivity index (χ2n) is 2.97. The summed E-state index contributed by atoms with van der Waals surface area (Å²) < 4.78 is 25.9. The van der Waals surface area contributed by atoms with Crippen LogP contribution in [0, 0.1) is 0 Å². The maximum atomic E-state index is 9.19. The Kier molecular flexibility index (Phi) is 5.73. The molecule has 0 bridgehead atoms. The lowest BCUT2D eigenvalue weighted by Gasteiger charge is -2.28. The van der Waals surface area contributed by atoms with Gasteiger partial charge in [0.1, 0.15) is 11.3 Å². The summed E-state index contributed by atoms with van der Waals surface area (Å²) in [6.45, 7) is 2.69. The molecule has 0 aromatic heterocycles. The van der Waals surface area contributed by atoms with Crippen molar-refractivity contribution in [3.05, 3.63) is 11.2 Å². The van der Waals surface area contributed by atoms with Crippen LogP contribution in [0.5, 0.6) is 0 Å². The maximum absolute atomic E-state index is 9.19. The maximum Gasteiger partial charge on any atom is 0.261 e. The van der Waals surface area contributed by atoms with E-state index in [9.17, 15) is 8.42 Å². The summed E-state index contributed by atoms with van der Waals surface area (Å²) in [7, 11) is -3.67. The third-order valence-electron chi connectivity index (χ3n) is 1.52. The molecule has 5 N–H and O–H groups in total. The highest BCUT2D eigenvalue weighted by molar-refractivity contribution is 7.85. The number of guanidine groups is 1. The van der Waals surface area contributed by atoms with Crippen molar-refractivity contribution in [2.75, 3.05) is 12.8 Å². The molecule has 0 aromatic carbocycles. The van der Waals surface area contributed by atoms with E-state index in [1.54, 1.807) is 11.0 Å². The first-order valence-electron chi connectivity index (χ1n) is 4.31. The first kappa shape index (κ1) is 15.2. The van der Waals surface area contributed by atoms with Gasteiger partial charge in [-0.1, -0.05) is 11.6 Å². The SMILES string of the molecule is CCN1C(N)=NC(Cl)=CC1N.CS(=O)(=O)O. The highest BCUT2D eigenvalue weighted by Crippen LogP contribution is 2.11. The quantitative estimate of drug-likeness (QED) is 0.436. The lowest BCUT2D eigenvalue weighted by molar-refractivity contribution is 0.372. The summed E-state index contributed by atoms with van der Waals surface area (Å²) in [5, 5.41) is 0.361. The zero-order valence-corrected chi connectivity index (χ0v) is 10.5. The van der Waals surface area contributed by atoms with Crippen molar-refractivity contribution in [3.63, 3.8) is 0 Å². The fraction of sp³-hybridized carbons (Fsp3) is 0.571. The third kappa shape index (κ3) is 6.62. The van der Waals surface area contributed by atoms with Crippen LogP contribution >= 0.6 is 11.6 Å². The third-order valence-corrected chi connectivity index (χ3v) is 1.73. The molecule has 1 atom stereocenters. The molecule has 0 saturated heterocycles. The number of aliphatic imine (C=N–C) groups is 1. The van der Waals surface area contributed by atoms with Crippen LogP contribution in [0.4, 0.5) is 0 Å². The molecule has 0 aromatic rings. The summed E-state index contributed by atoms with van der Waals surface area (Å²) in [5.41, 5.74) is 11.2. The van der Waals surface area contributed by atoms with Crippen molar-refractivity contribution in [2.45, 2.75) is 13.1 Å². The van der Waals surface area contributed by atoms with E-state index in [1.807, 2.05) is 6.92 Å². The fourth-order valence-electron chi connectivity index (χ4n) is 0.967. The van der Waals surface area contributed by atoms with Crippen LogP contribution in [0.3, 0.4) is 0 Å². The Morgan fingerprint density at radius 3 is 2.44 bits per heavy atom. The second kappa shape index (κ2) is 6.04. The minimum absolute atomic E-state index is 0.245. The zero-order chi connectivity index (χ0) is 12.9. The Hall–Kier alpha value is -0.830. The van der Waals surface area contributed by atoms with Gasteiger partial charge in [-0.25, -0.2) is 4.99 Å². The molecule has 16 heavy (non-hydrogen) atoms. The molecule has 9 heteroatoms. The summed E-state index contributed by atoms with van der Waals surface area (Å²) in [6.07, 6.45) is 2.12. The smallest absolute Gasteiger partial charge is 0.261 e. The number of halogens is 1. The van der Waals surface area contributed by atoms with Gasteiger partial charge >= 0.3 is 0 Å². The van der Waals surface area contributed by atoms with Crippen LogP contribution in [-0.2, 0) is 10.1 Å². The van der Waals surface area contributed by atoms with E-state index in [0.717, 1.165) is 6.54 Å². The van der Waals surface area contributed by atoms with E-state index in [4.69, 9.17) is 27.6 Å². The largest absolute Gasteiger partial charge is 0.369 e. The number of nitrogens with two attached hydrogens (primary N) is 2. The Morgan fingerprint density at radius 1 is 1.69 bits per heavy atom. The van der Waals surface area contributed by atoms with E-state index in [2.05, 4.69) is 4.99 Å². The molecule has 7 nitrogen and oxygen atoms in total. The van der Waals surface area contributed by atoms with Gasteiger partial charge in [-0.2, -0.15) is 8.42 Å². The standard InChI is InChI=1S/C6H11ClN4.CH4O3S/c1-2-11-5(8)3-4(7)10-6(11)9;1-5(2,3)4/h3,5H,2,8H2,1H3,(H2,9,10);1H3,(H,2,3,4). The summed E-state index contributed by atoms with van der Waals surface area (Å²) in [5.74, 6) is 0.382. The Labute approximate surface area is 99.5 Å². The topological polar surface area (TPSA) is 122 Å². The minimum atomic E-state index is -3.67. The minimum Gasteiger partial charge on any atom is -0.369 e. The number of likely N-dealkylation sites (N-methyl/N-ethyl adjacent to an activating group) is 1. The number of nitrogens with zero attached hydrogens (tertiary/aromatic N) is 2. The van der Waals surface area contributed by atoms with Crippen molar-refractivity contribution in [3.8, 4) is 0 Å². The van der Waals surface area contributed by atoms with Crippen molar-refractivity contribution in [2.24, 2.45) is 16.5 Å². The number of hydrogen-bond acceptors (Lipinski definition) is 6. The van der Waals surface area contributed by atoms with Crippen LogP contribution in [0.25, 0.3) is 0 Å². The predicted molar refractivity (Wildman–Crippen MR) is 63.4 cm³/mol. The van der Waals surface area contributed by atoms with Crippen LogP contribution in [-0.4, -0.2) is 42.8 Å². The summed E-state index contributed by atoms with van der Waals surface area (Å²) >= 11 is 5.62. The molecule has 0 saturated carbocycles. The van der Waals surface area contributed by atoms with Crippen LogP contribution < -0.4 is 11.5 Å². The molecule has 1 aliphatic rings. The van der Waals surface area contributed by atoms with Crippen molar-refractivity contribution in [1.29, 1.82) is 0 Å². The normalized spacial score (nSPS) is 20.6. The monoisotopic (exact) mass is 270 g/mol. The van der Waals surface area contributed by atoms with Gasteiger partial charge in [0.15, 0.2) is 5.96 Å². The molecular formula is C7H15ClN4O3S. The van der Waals surface area contributed by atoms with Gasteiger partial charge in [0.05, 0.1) is 6.26 Å². The fourth-order valence-corrected chi connectivity index (χ4v) is 1.18. The molecule has 1 aliphatic heterocycles. The Morgan fingerprint density at radius 2 is 2.12 bits per heavy atom. The first-order valence-corrected chi connectivity index (χ1v) is 6.54. The number of rotatable bonds is 1. The van der Waals surface area contributed by atoms with Gasteiger partial charge in [0.2, 0.25) is 0 Å². The molecule has 0 aliphatic carbocycles. The molecule has 0 fully saturated rings. The van der Waals surface area contributed by atoms with Gasteiger partial charge < -0.3 is 16.4 Å². The van der Waals surface area contributed by atoms with Gasteiger partial charge in [-0.3, -0.25) is 4.55 Å². The molecule has 1 rings (SSSR count). The zero-order valence-electron chi connectivity index (χ0n) is 8.96. The molecule has 1 heterocycles. The average Bonchev–Trinajstić information content (AvgIpc) is 1.99. The molecule has 0 amide bonds. The van der Waals surface area contributed by atoms with Crippen molar-refractivity contribution < 1.29 is 13.0 Å². The summed E-state index contributed by atoms with van der Waals surface area (Å²) in [4.78, 5) is 5.61. The Bertz CT molecular complexity index is 384. The van der Waals surface area contributed by atoms with Gasteiger partial charge in [-0.05, 0) is 13.0 Å². The molecule has 94 valence electrons. The predicted octanol–water partition coefficient (Wildman–Crippen LogP) is -0.494. The van der Waals surface area contributed by atoms with E-state index in [1.165, 1.54) is 0 Å². The lowest BCUT2D eigenvalue weighted by Crippen LogP contribution is -2.49. The average molecular weight is 271 g/mol. The Balaban J connectivity index is 0.000000385. The van der Waals surface area contributed by atoms with Gasteiger partial charge in [0, 0.05) is 6.54 Å². The van der Waals surface area contributed by atoms with E-state index >= 15 is 0 Å². The van der Waals surface area contributed by atoms with E-state index in [-0.39, 0.29) is 6.17 Å². The van der Waals surface area contributed by atoms with Crippen LogP contribution in [0.1, 0.15) is 6.92 Å². The molecule has 1 unspecified atom stereocenters. The second-order valence-corrected chi connectivity index (χ2v) is 4.82. The van der Waals surface area contributed by atoms with Crippen molar-refractivity contribution in [1.82, 2.24) is 4.90 Å². The highest BCUT2D eigenvalue weighted by Gasteiger charge is 2.17. The summed E-state index contributed by atoms with van der Waals surface area (Å²) in [6, 6.07) is 0. The van der Waals surface area contributed by atoms with Crippen molar-refractivity contribution >= 4 is 27.7 Å². The molecule has 0 spiro atoms. The van der Waals surface area contributed by atoms with Gasteiger partial charge in [-0.15, -0.1) is 0 Å². The lowest BCUT2D eigenvalue weighted by atomic mass is 10.4. The molecule has 0 radical (unpaired) electrons. The number of hydrogen-bond donors (Lipinski definition) is 3.